The van der Waals surface area contributed by atoms with E-state index in [2.05, 4.69) is 12.2 Å². The van der Waals surface area contributed by atoms with Gasteiger partial charge in [-0.2, -0.15) is 0 Å². The first-order chi connectivity index (χ1) is 15.2. The minimum Gasteiger partial charge on any atom is -0.452 e. The summed E-state index contributed by atoms with van der Waals surface area (Å²) in [6, 6.07) is 15.4. The van der Waals surface area contributed by atoms with Crippen LogP contribution in [0, 0.1) is 0 Å². The van der Waals surface area contributed by atoms with E-state index in [4.69, 9.17) is 9.72 Å². The number of benzene rings is 2. The van der Waals surface area contributed by atoms with Crippen molar-refractivity contribution >= 4 is 28.5 Å². The molecular formula is C26H28N2O3. The molecule has 0 spiro atoms. The highest BCUT2D eigenvalue weighted by Gasteiger charge is 2.24. The van der Waals surface area contributed by atoms with Crippen molar-refractivity contribution in [3.05, 3.63) is 70.9 Å². The van der Waals surface area contributed by atoms with Gasteiger partial charge in [0.15, 0.2) is 6.61 Å². The Morgan fingerprint density at radius 3 is 2.61 bits per heavy atom. The van der Waals surface area contributed by atoms with Crippen LogP contribution in [0.15, 0.2) is 48.5 Å². The van der Waals surface area contributed by atoms with Gasteiger partial charge in [-0.15, -0.1) is 0 Å². The minimum absolute atomic E-state index is 0.318. The summed E-state index contributed by atoms with van der Waals surface area (Å²) in [5.41, 5.74) is 5.26. The number of nitrogens with one attached hydrogen (secondary N) is 1. The lowest BCUT2D eigenvalue weighted by molar-refractivity contribution is -0.119. The van der Waals surface area contributed by atoms with E-state index in [-0.39, 0.29) is 12.5 Å². The maximum absolute atomic E-state index is 13.0. The molecule has 0 saturated carbocycles. The molecule has 1 aromatic heterocycles. The zero-order valence-corrected chi connectivity index (χ0v) is 17.9. The van der Waals surface area contributed by atoms with Gasteiger partial charge in [-0.25, -0.2) is 4.79 Å². The van der Waals surface area contributed by atoms with Crippen LogP contribution >= 0.6 is 0 Å². The Morgan fingerprint density at radius 1 is 1.03 bits per heavy atom. The zero-order valence-electron chi connectivity index (χ0n) is 17.9. The predicted molar refractivity (Wildman–Crippen MR) is 122 cm³/mol. The number of unbranched alkanes of at least 4 members (excludes halogenated alkanes) is 1. The Kier molecular flexibility index (Phi) is 6.60. The van der Waals surface area contributed by atoms with Gasteiger partial charge in [-0.1, -0.05) is 43.7 Å². The monoisotopic (exact) mass is 416 g/mol. The first-order valence-electron chi connectivity index (χ1n) is 11.1. The third-order valence-electron chi connectivity index (χ3n) is 5.76. The number of esters is 1. The number of anilines is 1. The van der Waals surface area contributed by atoms with Crippen LogP contribution < -0.4 is 5.32 Å². The maximum atomic E-state index is 13.0. The van der Waals surface area contributed by atoms with E-state index in [1.54, 1.807) is 0 Å². The fourth-order valence-electron chi connectivity index (χ4n) is 4.14. The van der Waals surface area contributed by atoms with Gasteiger partial charge in [0.1, 0.15) is 0 Å². The van der Waals surface area contributed by atoms with E-state index in [1.807, 2.05) is 48.5 Å². The summed E-state index contributed by atoms with van der Waals surface area (Å²) in [6.45, 7) is 1.85. The lowest BCUT2D eigenvalue weighted by Gasteiger charge is -2.19. The summed E-state index contributed by atoms with van der Waals surface area (Å²) in [5, 5.41) is 3.59. The average molecular weight is 417 g/mol. The molecule has 0 bridgehead atoms. The van der Waals surface area contributed by atoms with Crippen molar-refractivity contribution in [2.75, 3.05) is 11.9 Å². The molecule has 1 aliphatic carbocycles. The van der Waals surface area contributed by atoms with Crippen LogP contribution in [0.5, 0.6) is 0 Å². The number of carbonyl (C=O) groups excluding carboxylic acids is 2. The molecule has 0 aliphatic heterocycles. The van der Waals surface area contributed by atoms with E-state index >= 15 is 0 Å². The van der Waals surface area contributed by atoms with Gasteiger partial charge in [0.2, 0.25) is 0 Å². The molecule has 1 heterocycles. The number of ether oxygens (including phenoxy) is 1. The first-order valence-corrected chi connectivity index (χ1v) is 11.1. The van der Waals surface area contributed by atoms with Crippen LogP contribution in [0.2, 0.25) is 0 Å². The van der Waals surface area contributed by atoms with E-state index in [0.717, 1.165) is 67.1 Å². The standard InChI is InChI=1S/C26H28N2O3/c1-2-3-8-18-13-15-19(16-14-18)27-24(29)17-31-26(30)25-20-9-4-6-11-22(20)28-23-12-7-5-10-21(23)25/h4,6,9,11,13-16H,2-3,5,7-8,10,12,17H2,1H3,(H,27,29). The fourth-order valence-corrected chi connectivity index (χ4v) is 4.14. The molecule has 4 rings (SSSR count). The van der Waals surface area contributed by atoms with E-state index < -0.39 is 5.97 Å². The summed E-state index contributed by atoms with van der Waals surface area (Å²) in [4.78, 5) is 30.1. The van der Waals surface area contributed by atoms with Crippen molar-refractivity contribution in [1.82, 2.24) is 4.98 Å². The molecule has 0 radical (unpaired) electrons. The number of hydrogen-bond acceptors (Lipinski definition) is 4. The summed E-state index contributed by atoms with van der Waals surface area (Å²) in [7, 11) is 0. The van der Waals surface area contributed by atoms with Gasteiger partial charge in [0, 0.05) is 16.8 Å². The summed E-state index contributed by atoms with van der Waals surface area (Å²) in [6.07, 6.45) is 7.12. The van der Waals surface area contributed by atoms with Crippen molar-refractivity contribution in [2.24, 2.45) is 0 Å². The molecule has 0 fully saturated rings. The topological polar surface area (TPSA) is 68.3 Å². The lowest BCUT2D eigenvalue weighted by atomic mass is 9.90. The highest BCUT2D eigenvalue weighted by atomic mass is 16.5. The highest BCUT2D eigenvalue weighted by Crippen LogP contribution is 2.29. The van der Waals surface area contributed by atoms with Crippen LogP contribution in [0.4, 0.5) is 5.69 Å². The fraction of sp³-hybridized carbons (Fsp3) is 0.346. The molecule has 1 amide bonds. The van der Waals surface area contributed by atoms with Crippen LogP contribution in [0.25, 0.3) is 10.9 Å². The number of fused-ring (bicyclic) bond motifs is 2. The molecule has 5 nitrogen and oxygen atoms in total. The number of aromatic nitrogens is 1. The smallest absolute Gasteiger partial charge is 0.339 e. The molecule has 0 saturated heterocycles. The van der Waals surface area contributed by atoms with Crippen molar-refractivity contribution in [3.8, 4) is 0 Å². The number of pyridine rings is 1. The van der Waals surface area contributed by atoms with Gasteiger partial charge < -0.3 is 10.1 Å². The van der Waals surface area contributed by atoms with Crippen molar-refractivity contribution in [2.45, 2.75) is 51.9 Å². The SMILES string of the molecule is CCCCc1ccc(NC(=O)COC(=O)c2c3c(nc4ccccc24)CCCC3)cc1. The van der Waals surface area contributed by atoms with Crippen molar-refractivity contribution < 1.29 is 14.3 Å². The number of amides is 1. The van der Waals surface area contributed by atoms with E-state index in [0.29, 0.717) is 11.3 Å². The summed E-state index contributed by atoms with van der Waals surface area (Å²) in [5.74, 6) is -0.802. The third kappa shape index (κ3) is 4.93. The van der Waals surface area contributed by atoms with Crippen LogP contribution in [0.3, 0.4) is 0 Å². The largest absolute Gasteiger partial charge is 0.452 e. The minimum atomic E-state index is -0.457. The molecular weight excluding hydrogens is 388 g/mol. The number of hydrogen-bond donors (Lipinski definition) is 1. The molecule has 0 atom stereocenters. The van der Waals surface area contributed by atoms with Gasteiger partial charge in [-0.05, 0) is 67.9 Å². The Labute approximate surface area is 182 Å². The number of carbonyl (C=O) groups is 2. The molecule has 1 N–H and O–H groups in total. The Hall–Kier alpha value is -3.21. The molecule has 31 heavy (non-hydrogen) atoms. The molecule has 2 aromatic carbocycles. The number of rotatable bonds is 7. The van der Waals surface area contributed by atoms with Gasteiger partial charge in [0.05, 0.1) is 11.1 Å². The van der Waals surface area contributed by atoms with E-state index in [1.165, 1.54) is 5.56 Å². The second-order valence-corrected chi connectivity index (χ2v) is 8.06. The Balaban J connectivity index is 1.44. The van der Waals surface area contributed by atoms with Gasteiger partial charge in [-0.3, -0.25) is 9.78 Å². The van der Waals surface area contributed by atoms with Crippen LogP contribution in [-0.2, 0) is 28.8 Å². The van der Waals surface area contributed by atoms with Crippen LogP contribution in [-0.4, -0.2) is 23.5 Å². The molecule has 160 valence electrons. The van der Waals surface area contributed by atoms with Gasteiger partial charge >= 0.3 is 5.97 Å². The molecule has 5 heteroatoms. The normalized spacial score (nSPS) is 12.9. The zero-order chi connectivity index (χ0) is 21.6. The lowest BCUT2D eigenvalue weighted by Crippen LogP contribution is -2.22. The second-order valence-electron chi connectivity index (χ2n) is 8.06. The summed E-state index contributed by atoms with van der Waals surface area (Å²) >= 11 is 0. The summed E-state index contributed by atoms with van der Waals surface area (Å²) < 4.78 is 5.43. The van der Waals surface area contributed by atoms with Crippen LogP contribution in [0.1, 0.15) is 59.8 Å². The second kappa shape index (κ2) is 9.73. The maximum Gasteiger partial charge on any atom is 0.339 e. The molecule has 0 unspecified atom stereocenters. The predicted octanol–water partition coefficient (Wildman–Crippen LogP) is 5.25. The highest BCUT2D eigenvalue weighted by molar-refractivity contribution is 6.06. The Bertz CT molecular complexity index is 1090. The first kappa shape index (κ1) is 21.0. The van der Waals surface area contributed by atoms with Gasteiger partial charge in [0.25, 0.3) is 5.91 Å². The van der Waals surface area contributed by atoms with Crippen molar-refractivity contribution in [3.63, 3.8) is 0 Å². The molecule has 1 aliphatic rings. The van der Waals surface area contributed by atoms with Crippen molar-refractivity contribution in [1.29, 1.82) is 0 Å². The quantitative estimate of drug-likeness (QED) is 0.534. The number of para-hydroxylation sites is 1. The third-order valence-corrected chi connectivity index (χ3v) is 5.76. The Morgan fingerprint density at radius 2 is 1.81 bits per heavy atom. The number of aryl methyl sites for hydroxylation is 2. The van der Waals surface area contributed by atoms with E-state index in [9.17, 15) is 9.59 Å². The average Bonchev–Trinajstić information content (AvgIpc) is 2.80. The molecule has 3 aromatic rings. The number of nitrogens with zero attached hydrogens (tertiary/aromatic N) is 1.